The highest BCUT2D eigenvalue weighted by Crippen LogP contribution is 2.14. The summed E-state index contributed by atoms with van der Waals surface area (Å²) in [6, 6.07) is 7.33. The molecule has 0 saturated carbocycles. The van der Waals surface area contributed by atoms with Crippen LogP contribution in [0.4, 0.5) is 0 Å². The van der Waals surface area contributed by atoms with Crippen molar-refractivity contribution < 1.29 is 9.59 Å². The predicted octanol–water partition coefficient (Wildman–Crippen LogP) is 1.68. The first-order valence-electron chi connectivity index (χ1n) is 8.03. The number of aryl methyl sites for hydroxylation is 1. The third-order valence-corrected chi connectivity index (χ3v) is 4.59. The van der Waals surface area contributed by atoms with Gasteiger partial charge in [-0.2, -0.15) is 0 Å². The van der Waals surface area contributed by atoms with Gasteiger partial charge < -0.3 is 10.6 Å². The molecule has 0 aromatic heterocycles. The van der Waals surface area contributed by atoms with Crippen molar-refractivity contribution in [2.45, 2.75) is 32.2 Å². The number of carbonyl (C=O) groups excluding carboxylic acids is 2. The van der Waals surface area contributed by atoms with E-state index in [1.165, 1.54) is 0 Å². The van der Waals surface area contributed by atoms with Gasteiger partial charge in [-0.25, -0.2) is 0 Å². The van der Waals surface area contributed by atoms with Gasteiger partial charge in [0, 0.05) is 37.6 Å². The van der Waals surface area contributed by atoms with Crippen molar-refractivity contribution in [2.75, 3.05) is 26.2 Å². The lowest BCUT2D eigenvalue weighted by Crippen LogP contribution is -2.44. The Balaban J connectivity index is 1.84. The number of carbonyl (C=O) groups is 2. The van der Waals surface area contributed by atoms with Gasteiger partial charge in [-0.05, 0) is 37.5 Å². The standard InChI is InChI=1S/C17H24ClN3O2/c1-13(17(19)23)20-8-3-9-21(11-10-20)16(22)7-6-14-4-2-5-15(18)12-14/h2,4-5,12-13H,3,6-11H2,1H3,(H2,19,23). The van der Waals surface area contributed by atoms with Crippen molar-refractivity contribution in [2.24, 2.45) is 5.73 Å². The van der Waals surface area contributed by atoms with Crippen molar-refractivity contribution in [1.29, 1.82) is 0 Å². The number of amides is 2. The van der Waals surface area contributed by atoms with Gasteiger partial charge in [0.05, 0.1) is 6.04 Å². The van der Waals surface area contributed by atoms with E-state index in [1.54, 1.807) is 0 Å². The molecule has 1 aliphatic rings. The van der Waals surface area contributed by atoms with Crippen LogP contribution in [0.5, 0.6) is 0 Å². The van der Waals surface area contributed by atoms with Gasteiger partial charge in [-0.3, -0.25) is 14.5 Å². The molecule has 0 bridgehead atoms. The summed E-state index contributed by atoms with van der Waals surface area (Å²) in [5, 5.41) is 0.695. The molecule has 23 heavy (non-hydrogen) atoms. The van der Waals surface area contributed by atoms with Gasteiger partial charge in [-0.1, -0.05) is 23.7 Å². The molecule has 126 valence electrons. The molecule has 5 nitrogen and oxygen atoms in total. The molecule has 1 heterocycles. The monoisotopic (exact) mass is 337 g/mol. The van der Waals surface area contributed by atoms with E-state index in [1.807, 2.05) is 41.0 Å². The van der Waals surface area contributed by atoms with Crippen LogP contribution < -0.4 is 5.73 Å². The predicted molar refractivity (Wildman–Crippen MR) is 91.2 cm³/mol. The fourth-order valence-electron chi connectivity index (χ4n) is 2.86. The molecule has 0 spiro atoms. The highest BCUT2D eigenvalue weighted by Gasteiger charge is 2.24. The maximum atomic E-state index is 12.4. The van der Waals surface area contributed by atoms with Gasteiger partial charge in [0.2, 0.25) is 11.8 Å². The molecule has 1 saturated heterocycles. The van der Waals surface area contributed by atoms with E-state index in [0.29, 0.717) is 31.0 Å². The van der Waals surface area contributed by atoms with Crippen molar-refractivity contribution >= 4 is 23.4 Å². The average molecular weight is 338 g/mol. The summed E-state index contributed by atoms with van der Waals surface area (Å²) in [4.78, 5) is 27.6. The minimum Gasteiger partial charge on any atom is -0.368 e. The van der Waals surface area contributed by atoms with Crippen LogP contribution >= 0.6 is 11.6 Å². The molecular weight excluding hydrogens is 314 g/mol. The fraction of sp³-hybridized carbons (Fsp3) is 0.529. The van der Waals surface area contributed by atoms with Crippen LogP contribution in [0.3, 0.4) is 0 Å². The molecule has 2 rings (SSSR count). The molecule has 1 atom stereocenters. The van der Waals surface area contributed by atoms with Crippen molar-refractivity contribution in [3.63, 3.8) is 0 Å². The molecule has 1 aromatic rings. The molecule has 0 aliphatic carbocycles. The summed E-state index contributed by atoms with van der Waals surface area (Å²) in [7, 11) is 0. The Kier molecular flexibility index (Phi) is 6.42. The van der Waals surface area contributed by atoms with E-state index in [4.69, 9.17) is 17.3 Å². The summed E-state index contributed by atoms with van der Waals surface area (Å²) in [6.07, 6.45) is 2.03. The Bertz CT molecular complexity index is 565. The number of halogens is 1. The highest BCUT2D eigenvalue weighted by atomic mass is 35.5. The number of nitrogens with zero attached hydrogens (tertiary/aromatic N) is 2. The van der Waals surface area contributed by atoms with Gasteiger partial charge in [0.25, 0.3) is 0 Å². The van der Waals surface area contributed by atoms with E-state index < -0.39 is 0 Å². The Morgan fingerprint density at radius 2 is 2.04 bits per heavy atom. The number of hydrogen-bond acceptors (Lipinski definition) is 3. The first kappa shape index (κ1) is 17.8. The third-order valence-electron chi connectivity index (χ3n) is 4.36. The Labute approximate surface area is 142 Å². The van der Waals surface area contributed by atoms with E-state index in [2.05, 4.69) is 0 Å². The maximum Gasteiger partial charge on any atom is 0.234 e. The Morgan fingerprint density at radius 1 is 1.26 bits per heavy atom. The summed E-state index contributed by atoms with van der Waals surface area (Å²) in [5.41, 5.74) is 6.44. The minimum atomic E-state index is -0.314. The number of rotatable bonds is 5. The van der Waals surface area contributed by atoms with E-state index >= 15 is 0 Å². The average Bonchev–Trinajstić information content (AvgIpc) is 2.78. The molecule has 1 aliphatic heterocycles. The zero-order valence-electron chi connectivity index (χ0n) is 13.5. The van der Waals surface area contributed by atoms with Crippen LogP contribution in [0, 0.1) is 0 Å². The smallest absolute Gasteiger partial charge is 0.234 e. The molecule has 2 amide bonds. The van der Waals surface area contributed by atoms with E-state index in [9.17, 15) is 9.59 Å². The number of benzene rings is 1. The summed E-state index contributed by atoms with van der Waals surface area (Å²) in [6.45, 7) is 4.68. The first-order chi connectivity index (χ1) is 11.0. The third kappa shape index (κ3) is 5.22. The first-order valence-corrected chi connectivity index (χ1v) is 8.41. The molecule has 1 aromatic carbocycles. The van der Waals surface area contributed by atoms with E-state index in [-0.39, 0.29) is 17.9 Å². The second-order valence-electron chi connectivity index (χ2n) is 5.98. The van der Waals surface area contributed by atoms with Gasteiger partial charge in [0.1, 0.15) is 0 Å². The summed E-state index contributed by atoms with van der Waals surface area (Å²) in [5.74, 6) is -0.163. The van der Waals surface area contributed by atoms with E-state index in [0.717, 1.165) is 25.1 Å². The van der Waals surface area contributed by atoms with Crippen molar-refractivity contribution in [1.82, 2.24) is 9.80 Å². The molecule has 6 heteroatoms. The topological polar surface area (TPSA) is 66.6 Å². The quantitative estimate of drug-likeness (QED) is 0.889. The van der Waals surface area contributed by atoms with Crippen LogP contribution in [0.2, 0.25) is 5.02 Å². The second kappa shape index (κ2) is 8.31. The van der Waals surface area contributed by atoms with Crippen LogP contribution in [0.15, 0.2) is 24.3 Å². The molecule has 1 unspecified atom stereocenters. The Hall–Kier alpha value is -1.59. The van der Waals surface area contributed by atoms with Gasteiger partial charge >= 0.3 is 0 Å². The molecule has 1 fully saturated rings. The lowest BCUT2D eigenvalue weighted by Gasteiger charge is -2.25. The fourth-order valence-corrected chi connectivity index (χ4v) is 3.07. The second-order valence-corrected chi connectivity index (χ2v) is 6.42. The molecule has 0 radical (unpaired) electrons. The normalized spacial score (nSPS) is 17.6. The number of hydrogen-bond donors (Lipinski definition) is 1. The lowest BCUT2D eigenvalue weighted by molar-refractivity contribution is -0.131. The maximum absolute atomic E-state index is 12.4. The number of primary amides is 1. The van der Waals surface area contributed by atoms with Crippen LogP contribution in [0.1, 0.15) is 25.3 Å². The Morgan fingerprint density at radius 3 is 2.74 bits per heavy atom. The van der Waals surface area contributed by atoms with Crippen molar-refractivity contribution in [3.05, 3.63) is 34.9 Å². The van der Waals surface area contributed by atoms with Crippen LogP contribution in [-0.2, 0) is 16.0 Å². The van der Waals surface area contributed by atoms with Gasteiger partial charge in [-0.15, -0.1) is 0 Å². The van der Waals surface area contributed by atoms with Crippen LogP contribution in [0.25, 0.3) is 0 Å². The summed E-state index contributed by atoms with van der Waals surface area (Å²) < 4.78 is 0. The SMILES string of the molecule is CC(C(N)=O)N1CCCN(C(=O)CCc2cccc(Cl)c2)CC1. The van der Waals surface area contributed by atoms with Crippen LogP contribution in [-0.4, -0.2) is 53.8 Å². The lowest BCUT2D eigenvalue weighted by atomic mass is 10.1. The largest absolute Gasteiger partial charge is 0.368 e. The van der Waals surface area contributed by atoms with Crippen molar-refractivity contribution in [3.8, 4) is 0 Å². The molecular formula is C17H24ClN3O2. The minimum absolute atomic E-state index is 0.151. The van der Waals surface area contributed by atoms with Gasteiger partial charge in [0.15, 0.2) is 0 Å². The summed E-state index contributed by atoms with van der Waals surface area (Å²) >= 11 is 5.96. The number of nitrogens with two attached hydrogens (primary N) is 1. The highest BCUT2D eigenvalue weighted by molar-refractivity contribution is 6.30. The zero-order valence-corrected chi connectivity index (χ0v) is 14.3. The molecule has 2 N–H and O–H groups in total. The zero-order chi connectivity index (χ0) is 16.8.